The van der Waals surface area contributed by atoms with Crippen molar-refractivity contribution in [1.82, 2.24) is 18.8 Å². The van der Waals surface area contributed by atoms with Gasteiger partial charge < -0.3 is 15.0 Å². The Labute approximate surface area is 187 Å². The molecule has 1 aromatic carbocycles. The second-order valence-corrected chi connectivity index (χ2v) is 10.4. The van der Waals surface area contributed by atoms with E-state index in [4.69, 9.17) is 0 Å². The second-order valence-electron chi connectivity index (χ2n) is 8.94. The van der Waals surface area contributed by atoms with Crippen molar-refractivity contribution in [3.8, 4) is 0 Å². The molecule has 0 amide bonds. The minimum Gasteiger partial charge on any atom is -0.391 e. The van der Waals surface area contributed by atoms with Crippen LogP contribution in [0.3, 0.4) is 0 Å². The molecular weight excluding hydrogens is 430 g/mol. The molecule has 2 aliphatic rings. The summed E-state index contributed by atoms with van der Waals surface area (Å²) in [4.78, 5) is 8.98. The lowest BCUT2D eigenvalue weighted by Crippen LogP contribution is -2.41. The van der Waals surface area contributed by atoms with E-state index in [1.165, 1.54) is 24.5 Å². The summed E-state index contributed by atoms with van der Waals surface area (Å²) in [5, 5.41) is 14.9. The molecule has 0 bridgehead atoms. The minimum atomic E-state index is -4.38. The molecule has 5 rings (SSSR count). The maximum atomic E-state index is 11.5. The summed E-state index contributed by atoms with van der Waals surface area (Å²) in [5.74, 6) is 1.19. The zero-order valence-electron chi connectivity index (χ0n) is 18.0. The molecule has 2 aliphatic carbocycles. The van der Waals surface area contributed by atoms with E-state index < -0.39 is 22.4 Å². The van der Waals surface area contributed by atoms with Crippen LogP contribution in [0.2, 0.25) is 0 Å². The highest BCUT2D eigenvalue weighted by atomic mass is 32.2. The van der Waals surface area contributed by atoms with Gasteiger partial charge in [-0.25, -0.2) is 9.97 Å². The molecule has 0 unspecified atom stereocenters. The first kappa shape index (κ1) is 21.3. The van der Waals surface area contributed by atoms with Crippen molar-refractivity contribution in [3.05, 3.63) is 54.0 Å². The monoisotopic (exact) mass is 457 g/mol. The Morgan fingerprint density at radius 2 is 1.97 bits per heavy atom. The van der Waals surface area contributed by atoms with Crippen LogP contribution in [0.5, 0.6) is 0 Å². The number of benzene rings is 1. The second kappa shape index (κ2) is 7.80. The van der Waals surface area contributed by atoms with Crippen LogP contribution in [-0.4, -0.2) is 56.1 Å². The lowest BCUT2D eigenvalue weighted by atomic mass is 10.0. The Morgan fingerprint density at radius 1 is 1.19 bits per heavy atom. The Balaban J connectivity index is 1.43. The number of nitrogens with one attached hydrogen (secondary N) is 1. The van der Waals surface area contributed by atoms with Gasteiger partial charge in [0.15, 0.2) is 0 Å². The summed E-state index contributed by atoms with van der Waals surface area (Å²) >= 11 is 0. The molecule has 0 saturated heterocycles. The molecular formula is C22H27N5O4S. The minimum absolute atomic E-state index is 0.148. The predicted molar refractivity (Wildman–Crippen MR) is 121 cm³/mol. The highest BCUT2D eigenvalue weighted by molar-refractivity contribution is 7.83. The van der Waals surface area contributed by atoms with E-state index in [-0.39, 0.29) is 12.1 Å². The molecule has 0 radical (unpaired) electrons. The molecule has 2 aromatic heterocycles. The van der Waals surface area contributed by atoms with Crippen molar-refractivity contribution in [1.29, 1.82) is 0 Å². The van der Waals surface area contributed by atoms with Crippen LogP contribution in [0, 0.1) is 5.92 Å². The van der Waals surface area contributed by atoms with E-state index in [1.807, 2.05) is 16.8 Å². The fourth-order valence-electron chi connectivity index (χ4n) is 5.30. The molecule has 2 heterocycles. The molecule has 32 heavy (non-hydrogen) atoms. The van der Waals surface area contributed by atoms with Crippen molar-refractivity contribution in [3.63, 3.8) is 0 Å². The Hall–Kier alpha value is -2.53. The third-order valence-electron chi connectivity index (χ3n) is 7.00. The van der Waals surface area contributed by atoms with Crippen molar-refractivity contribution < 1.29 is 18.1 Å². The summed E-state index contributed by atoms with van der Waals surface area (Å²) in [6, 6.07) is 9.73. The van der Waals surface area contributed by atoms with Crippen LogP contribution in [-0.2, 0) is 16.7 Å². The molecule has 9 nitrogen and oxygen atoms in total. The number of fused-ring (bicyclic) bond motifs is 2. The molecule has 1 saturated carbocycles. The normalized spacial score (nSPS) is 27.8. The smallest absolute Gasteiger partial charge is 0.335 e. The number of rotatable bonds is 5. The summed E-state index contributed by atoms with van der Waals surface area (Å²) in [6.45, 7) is 2.23. The van der Waals surface area contributed by atoms with E-state index in [9.17, 15) is 18.1 Å². The number of aromatic nitrogens is 3. The zero-order chi connectivity index (χ0) is 22.6. The van der Waals surface area contributed by atoms with E-state index in [0.29, 0.717) is 18.8 Å². The lowest BCUT2D eigenvalue weighted by molar-refractivity contribution is 0.117. The first-order chi connectivity index (χ1) is 15.2. The van der Waals surface area contributed by atoms with Crippen LogP contribution in [0.15, 0.2) is 42.9 Å². The van der Waals surface area contributed by atoms with Crippen LogP contribution >= 0.6 is 0 Å². The fraction of sp³-hybridized carbons (Fsp3) is 0.455. The maximum absolute atomic E-state index is 11.5. The summed E-state index contributed by atoms with van der Waals surface area (Å²) in [5.41, 5.74) is 3.38. The van der Waals surface area contributed by atoms with Gasteiger partial charge in [0.25, 0.3) is 0 Å². The van der Waals surface area contributed by atoms with Crippen molar-refractivity contribution in [2.24, 2.45) is 5.92 Å². The van der Waals surface area contributed by atoms with Crippen molar-refractivity contribution in [2.45, 2.75) is 50.4 Å². The number of likely N-dealkylation sites (N-methyl/N-ethyl adjacent to an activating group) is 1. The van der Waals surface area contributed by atoms with Crippen LogP contribution < -0.4 is 5.32 Å². The molecule has 5 atom stereocenters. The first-order valence-electron chi connectivity index (χ1n) is 10.8. The van der Waals surface area contributed by atoms with Gasteiger partial charge >= 0.3 is 10.3 Å². The molecule has 0 spiro atoms. The average molecular weight is 458 g/mol. The summed E-state index contributed by atoms with van der Waals surface area (Å²) in [7, 11) is -3.09. The third-order valence-corrected chi connectivity index (χ3v) is 8.00. The van der Waals surface area contributed by atoms with Gasteiger partial charge in [-0.1, -0.05) is 31.2 Å². The number of nitrogens with zero attached hydrogens (tertiary/aromatic N) is 4. The summed E-state index contributed by atoms with van der Waals surface area (Å²) in [6.07, 6.45) is 4.32. The summed E-state index contributed by atoms with van der Waals surface area (Å²) < 4.78 is 35.2. The number of hydrogen-bond donors (Lipinski definition) is 3. The van der Waals surface area contributed by atoms with Gasteiger partial charge in [-0.3, -0.25) is 4.55 Å². The SMILES string of the molecule is C[C@@H]1Cc2ccccc2[C@@H]1Nc1ncnc2c1ccn2[C@H]1C[C@H](O)[C@@H](N(C)S(=O)(=O)O)C1. The zero-order valence-corrected chi connectivity index (χ0v) is 18.8. The van der Waals surface area contributed by atoms with Gasteiger partial charge in [0.2, 0.25) is 0 Å². The average Bonchev–Trinajstić information content (AvgIpc) is 3.42. The first-order valence-corrected chi connectivity index (χ1v) is 12.2. The largest absolute Gasteiger partial charge is 0.391 e. The number of aliphatic hydroxyl groups is 1. The number of aliphatic hydroxyl groups excluding tert-OH is 1. The standard InChI is InChI=1S/C22H27N5O4S/c1-13-9-14-5-3-4-6-16(14)20(13)25-21-17-7-8-27(22(17)24-12-23-21)15-10-18(19(28)11-15)26(2)32(29,30)31/h3-8,12-13,15,18-20,28H,9-11H2,1-2H3,(H,23,24,25)(H,29,30,31)/t13-,15-,18+,19+,20-/m1/s1. The van der Waals surface area contributed by atoms with Gasteiger partial charge in [-0.05, 0) is 42.4 Å². The van der Waals surface area contributed by atoms with Crippen LogP contribution in [0.25, 0.3) is 11.0 Å². The van der Waals surface area contributed by atoms with Gasteiger partial charge in [0, 0.05) is 19.3 Å². The van der Waals surface area contributed by atoms with Gasteiger partial charge in [-0.2, -0.15) is 12.7 Å². The van der Waals surface area contributed by atoms with Gasteiger partial charge in [0.1, 0.15) is 17.8 Å². The Morgan fingerprint density at radius 3 is 2.75 bits per heavy atom. The van der Waals surface area contributed by atoms with Gasteiger partial charge in [-0.15, -0.1) is 0 Å². The predicted octanol–water partition coefficient (Wildman–Crippen LogP) is 2.58. The number of hydrogen-bond acceptors (Lipinski definition) is 6. The molecule has 0 aliphatic heterocycles. The van der Waals surface area contributed by atoms with E-state index in [2.05, 4.69) is 46.5 Å². The molecule has 3 aromatic rings. The van der Waals surface area contributed by atoms with E-state index in [0.717, 1.165) is 27.6 Å². The van der Waals surface area contributed by atoms with Crippen molar-refractivity contribution in [2.75, 3.05) is 12.4 Å². The highest BCUT2D eigenvalue weighted by Crippen LogP contribution is 2.40. The highest BCUT2D eigenvalue weighted by Gasteiger charge is 2.40. The third kappa shape index (κ3) is 3.57. The Bertz CT molecular complexity index is 1260. The maximum Gasteiger partial charge on any atom is 0.335 e. The van der Waals surface area contributed by atoms with Gasteiger partial charge in [0.05, 0.1) is 23.6 Å². The molecule has 1 fully saturated rings. The number of anilines is 1. The van der Waals surface area contributed by atoms with Crippen LogP contribution in [0.4, 0.5) is 5.82 Å². The topological polar surface area (TPSA) is 121 Å². The lowest BCUT2D eigenvalue weighted by Gasteiger charge is -2.23. The quantitative estimate of drug-likeness (QED) is 0.504. The van der Waals surface area contributed by atoms with Crippen LogP contribution in [0.1, 0.15) is 43.0 Å². The fourth-order valence-corrected chi connectivity index (χ4v) is 5.87. The van der Waals surface area contributed by atoms with E-state index >= 15 is 0 Å². The Kier molecular flexibility index (Phi) is 5.20. The molecule has 170 valence electrons. The molecule has 3 N–H and O–H groups in total. The molecule has 10 heteroatoms. The van der Waals surface area contributed by atoms with Crippen molar-refractivity contribution >= 4 is 27.2 Å². The van der Waals surface area contributed by atoms with E-state index in [1.54, 1.807) is 0 Å².